The van der Waals surface area contributed by atoms with Crippen molar-refractivity contribution >= 4 is 25.9 Å². The van der Waals surface area contributed by atoms with Gasteiger partial charge in [0, 0.05) is 12.6 Å². The lowest BCUT2D eigenvalue weighted by Gasteiger charge is -2.36. The first-order chi connectivity index (χ1) is 13.2. The molecule has 0 N–H and O–H groups in total. The smallest absolute Gasteiger partial charge is 0.319 e. The summed E-state index contributed by atoms with van der Waals surface area (Å²) in [4.78, 5) is 27.6. The summed E-state index contributed by atoms with van der Waals surface area (Å²) in [6, 6.07) is 5.99. The number of fused-ring (bicyclic) bond motifs is 1. The van der Waals surface area contributed by atoms with Gasteiger partial charge in [-0.15, -0.1) is 0 Å². The molecule has 6 heteroatoms. The maximum atomic E-state index is 13.2. The Kier molecular flexibility index (Phi) is 6.58. The molecular weight excluding hydrogens is 382 g/mol. The van der Waals surface area contributed by atoms with Gasteiger partial charge >= 0.3 is 5.97 Å². The molecule has 0 bridgehead atoms. The van der Waals surface area contributed by atoms with Crippen LogP contribution in [0.15, 0.2) is 18.2 Å². The predicted octanol–water partition coefficient (Wildman–Crippen LogP) is 5.33. The Balaban J connectivity index is 2.35. The number of benzene rings is 1. The van der Waals surface area contributed by atoms with Crippen molar-refractivity contribution in [3.8, 4) is 5.75 Å². The van der Waals surface area contributed by atoms with E-state index in [9.17, 15) is 9.59 Å². The van der Waals surface area contributed by atoms with Crippen LogP contribution in [0.3, 0.4) is 0 Å². The van der Waals surface area contributed by atoms with E-state index < -0.39 is 25.8 Å². The molecule has 29 heavy (non-hydrogen) atoms. The van der Waals surface area contributed by atoms with Crippen LogP contribution in [-0.2, 0) is 20.7 Å². The zero-order valence-electron chi connectivity index (χ0n) is 19.5. The Morgan fingerprint density at radius 3 is 2.31 bits per heavy atom. The van der Waals surface area contributed by atoms with Crippen LogP contribution in [-0.4, -0.2) is 32.3 Å². The van der Waals surface area contributed by atoms with Gasteiger partial charge in [0.15, 0.2) is 0 Å². The van der Waals surface area contributed by atoms with Crippen LogP contribution in [0, 0.1) is 5.92 Å². The number of anilines is 1. The van der Waals surface area contributed by atoms with Crippen molar-refractivity contribution in [2.24, 2.45) is 5.92 Å². The minimum Gasteiger partial charge on any atom is -0.543 e. The van der Waals surface area contributed by atoms with Crippen molar-refractivity contribution in [2.45, 2.75) is 85.0 Å². The van der Waals surface area contributed by atoms with Crippen molar-refractivity contribution in [2.75, 3.05) is 11.4 Å². The van der Waals surface area contributed by atoms with E-state index in [4.69, 9.17) is 9.16 Å². The van der Waals surface area contributed by atoms with Crippen LogP contribution in [0.1, 0.15) is 60.5 Å². The van der Waals surface area contributed by atoms with Gasteiger partial charge in [0.1, 0.15) is 17.3 Å². The SMILES string of the molecule is CCN1C(=O)C(C(=O)OC(C)(C)C)CCc2ccc(O[Si](C)(C)C(C)(C)C)cc21. The van der Waals surface area contributed by atoms with Gasteiger partial charge in [0.2, 0.25) is 14.2 Å². The van der Waals surface area contributed by atoms with E-state index in [-0.39, 0.29) is 10.9 Å². The number of ether oxygens (including phenoxy) is 1. The second kappa shape index (κ2) is 8.13. The molecule has 0 spiro atoms. The minimum absolute atomic E-state index is 0.0852. The lowest BCUT2D eigenvalue weighted by Crippen LogP contribution is -2.44. The molecule has 0 aromatic heterocycles. The summed E-state index contributed by atoms with van der Waals surface area (Å²) < 4.78 is 12.0. The average Bonchev–Trinajstić information content (AvgIpc) is 2.67. The van der Waals surface area contributed by atoms with Gasteiger partial charge in [-0.1, -0.05) is 26.8 Å². The van der Waals surface area contributed by atoms with Gasteiger partial charge in [0.25, 0.3) is 0 Å². The molecule has 1 aliphatic heterocycles. The summed E-state index contributed by atoms with van der Waals surface area (Å²) in [6.45, 7) is 18.9. The number of rotatable bonds is 4. The summed E-state index contributed by atoms with van der Waals surface area (Å²) in [5, 5.41) is 0.0852. The largest absolute Gasteiger partial charge is 0.543 e. The number of hydrogen-bond acceptors (Lipinski definition) is 4. The Morgan fingerprint density at radius 2 is 1.79 bits per heavy atom. The van der Waals surface area contributed by atoms with Crippen LogP contribution in [0.2, 0.25) is 18.1 Å². The standard InChI is InChI=1S/C23H37NO4Si/c1-10-24-19-15-17(28-29(8,9)23(5,6)7)13-11-16(19)12-14-18(20(24)25)21(26)27-22(2,3)4/h11,13,15,18H,10,12,14H2,1-9H3. The van der Waals surface area contributed by atoms with Crippen molar-refractivity contribution in [3.63, 3.8) is 0 Å². The third-order valence-corrected chi connectivity index (χ3v) is 10.2. The second-order valence-corrected chi connectivity index (χ2v) is 15.1. The third kappa shape index (κ3) is 5.41. The Hall–Kier alpha value is -1.82. The van der Waals surface area contributed by atoms with E-state index in [0.29, 0.717) is 19.4 Å². The lowest BCUT2D eigenvalue weighted by molar-refractivity contribution is -0.162. The fourth-order valence-electron chi connectivity index (χ4n) is 3.17. The second-order valence-electron chi connectivity index (χ2n) is 10.4. The normalized spacial score (nSPS) is 18.2. The highest BCUT2D eigenvalue weighted by Gasteiger charge is 2.40. The topological polar surface area (TPSA) is 55.8 Å². The van der Waals surface area contributed by atoms with E-state index in [0.717, 1.165) is 17.0 Å². The van der Waals surface area contributed by atoms with E-state index in [1.165, 1.54) is 0 Å². The molecule has 1 aromatic rings. The predicted molar refractivity (Wildman–Crippen MR) is 120 cm³/mol. The average molecular weight is 420 g/mol. The van der Waals surface area contributed by atoms with Gasteiger partial charge in [-0.05, 0) is 70.3 Å². The Labute approximate surface area is 176 Å². The Morgan fingerprint density at radius 1 is 1.17 bits per heavy atom. The van der Waals surface area contributed by atoms with Gasteiger partial charge in [-0.3, -0.25) is 9.59 Å². The monoisotopic (exact) mass is 419 g/mol. The summed E-state index contributed by atoms with van der Waals surface area (Å²) in [5.41, 5.74) is 1.30. The molecule has 0 saturated heterocycles. The molecule has 0 radical (unpaired) electrons. The highest BCUT2D eigenvalue weighted by molar-refractivity contribution is 6.74. The maximum Gasteiger partial charge on any atom is 0.319 e. The number of carbonyl (C=O) groups is 2. The molecule has 1 unspecified atom stereocenters. The molecule has 5 nitrogen and oxygen atoms in total. The molecule has 1 atom stereocenters. The quantitative estimate of drug-likeness (QED) is 0.376. The highest BCUT2D eigenvalue weighted by Crippen LogP contribution is 2.39. The first kappa shape index (κ1) is 23.5. The first-order valence-corrected chi connectivity index (χ1v) is 13.4. The molecule has 1 amide bonds. The summed E-state index contributed by atoms with van der Waals surface area (Å²) in [6.07, 6.45) is 1.11. The minimum atomic E-state index is -1.99. The zero-order valence-corrected chi connectivity index (χ0v) is 20.5. The van der Waals surface area contributed by atoms with Crippen LogP contribution < -0.4 is 9.33 Å². The first-order valence-electron chi connectivity index (χ1n) is 10.5. The summed E-state index contributed by atoms with van der Waals surface area (Å²) in [5.74, 6) is -0.611. The van der Waals surface area contributed by atoms with Crippen LogP contribution in [0.25, 0.3) is 0 Å². The molecular formula is C23H37NO4Si. The number of amides is 1. The van der Waals surface area contributed by atoms with E-state index in [1.807, 2.05) is 45.9 Å². The molecule has 1 aromatic carbocycles. The summed E-state index contributed by atoms with van der Waals surface area (Å²) in [7, 11) is -1.99. The number of esters is 1. The van der Waals surface area contributed by atoms with E-state index in [2.05, 4.69) is 33.9 Å². The number of carbonyl (C=O) groups excluding carboxylic acids is 2. The van der Waals surface area contributed by atoms with Crippen molar-refractivity contribution in [3.05, 3.63) is 23.8 Å². The molecule has 1 heterocycles. The van der Waals surface area contributed by atoms with Crippen molar-refractivity contribution in [1.82, 2.24) is 0 Å². The van der Waals surface area contributed by atoms with Crippen molar-refractivity contribution < 1.29 is 18.8 Å². The fourth-order valence-corrected chi connectivity index (χ4v) is 4.19. The number of aryl methyl sites for hydroxylation is 1. The van der Waals surface area contributed by atoms with Gasteiger partial charge in [0.05, 0.1) is 5.69 Å². The fraction of sp³-hybridized carbons (Fsp3) is 0.652. The highest BCUT2D eigenvalue weighted by atomic mass is 28.4. The van der Waals surface area contributed by atoms with Crippen LogP contribution >= 0.6 is 0 Å². The molecule has 0 saturated carbocycles. The molecule has 0 fully saturated rings. The Bertz CT molecular complexity index is 774. The summed E-state index contributed by atoms with van der Waals surface area (Å²) >= 11 is 0. The van der Waals surface area contributed by atoms with Gasteiger partial charge < -0.3 is 14.1 Å². The van der Waals surface area contributed by atoms with Crippen LogP contribution in [0.5, 0.6) is 5.75 Å². The van der Waals surface area contributed by atoms with E-state index >= 15 is 0 Å². The number of hydrogen-bond donors (Lipinski definition) is 0. The molecule has 162 valence electrons. The maximum absolute atomic E-state index is 13.2. The lowest BCUT2D eigenvalue weighted by atomic mass is 10.00. The van der Waals surface area contributed by atoms with Gasteiger partial charge in [-0.2, -0.15) is 0 Å². The third-order valence-electron chi connectivity index (χ3n) is 5.80. The molecule has 2 rings (SSSR count). The van der Waals surface area contributed by atoms with Crippen molar-refractivity contribution in [1.29, 1.82) is 0 Å². The number of nitrogens with zero attached hydrogens (tertiary/aromatic N) is 1. The molecule has 1 aliphatic rings. The molecule has 0 aliphatic carbocycles. The zero-order chi connectivity index (χ0) is 22.2. The van der Waals surface area contributed by atoms with Crippen LogP contribution in [0.4, 0.5) is 5.69 Å². The van der Waals surface area contributed by atoms with E-state index in [1.54, 1.807) is 4.90 Å². The van der Waals surface area contributed by atoms with Gasteiger partial charge in [-0.25, -0.2) is 0 Å².